The number of carbonyl (C=O) groups is 3. The molecule has 0 bridgehead atoms. The van der Waals surface area contributed by atoms with E-state index in [-0.39, 0.29) is 24.7 Å². The van der Waals surface area contributed by atoms with Crippen LogP contribution in [0.25, 0.3) is 0 Å². The number of carboxylic acid groups (broad SMARTS) is 1. The van der Waals surface area contributed by atoms with E-state index in [2.05, 4.69) is 15.6 Å². The van der Waals surface area contributed by atoms with Crippen molar-refractivity contribution in [1.82, 2.24) is 25.2 Å². The Bertz CT molecular complexity index is 467. The van der Waals surface area contributed by atoms with Gasteiger partial charge in [0.05, 0.1) is 12.7 Å². The minimum atomic E-state index is -1.09. The molecule has 0 radical (unpaired) electrons. The van der Waals surface area contributed by atoms with Gasteiger partial charge in [0.2, 0.25) is 5.91 Å². The second kappa shape index (κ2) is 5.75. The summed E-state index contributed by atoms with van der Waals surface area (Å²) in [6, 6.07) is 0. The van der Waals surface area contributed by atoms with Gasteiger partial charge >= 0.3 is 5.97 Å². The van der Waals surface area contributed by atoms with Gasteiger partial charge in [-0.25, -0.2) is 4.68 Å². The van der Waals surface area contributed by atoms with Crippen LogP contribution in [0, 0.1) is 0 Å². The molecule has 0 atom stereocenters. The predicted molar refractivity (Wildman–Crippen MR) is 58.7 cm³/mol. The average molecular weight is 255 g/mol. The van der Waals surface area contributed by atoms with Gasteiger partial charge in [0.25, 0.3) is 5.91 Å². The maximum absolute atomic E-state index is 11.5. The van der Waals surface area contributed by atoms with Crippen LogP contribution in [-0.4, -0.2) is 63.4 Å². The van der Waals surface area contributed by atoms with Gasteiger partial charge in [-0.05, 0) is 0 Å². The van der Waals surface area contributed by atoms with Crippen molar-refractivity contribution in [2.24, 2.45) is 0 Å². The highest BCUT2D eigenvalue weighted by atomic mass is 16.4. The van der Waals surface area contributed by atoms with Crippen LogP contribution in [-0.2, 0) is 16.1 Å². The summed E-state index contributed by atoms with van der Waals surface area (Å²) < 4.78 is 1.02. The van der Waals surface area contributed by atoms with Crippen molar-refractivity contribution >= 4 is 17.8 Å². The first-order valence-corrected chi connectivity index (χ1v) is 5.00. The van der Waals surface area contributed by atoms with Crippen molar-refractivity contribution < 1.29 is 19.5 Å². The Kier molecular flexibility index (Phi) is 4.35. The van der Waals surface area contributed by atoms with Gasteiger partial charge in [0.15, 0.2) is 5.69 Å². The molecule has 1 rings (SSSR count). The summed E-state index contributed by atoms with van der Waals surface area (Å²) in [5.74, 6) is -1.93. The van der Waals surface area contributed by atoms with E-state index in [0.29, 0.717) is 0 Å². The Hall–Kier alpha value is -2.45. The Morgan fingerprint density at radius 3 is 2.67 bits per heavy atom. The number of aliphatic carboxylic acids is 1. The standard InChI is InChI=1S/C9H13N5O4/c1-13(2)7(15)3-10-9(18)6-4-14(12-11-6)5-8(16)17/h4H,3,5H2,1-2H3,(H,10,18)(H,16,17). The maximum Gasteiger partial charge on any atom is 0.325 e. The van der Waals surface area contributed by atoms with Crippen LogP contribution in [0.15, 0.2) is 6.20 Å². The fourth-order valence-electron chi connectivity index (χ4n) is 1.02. The highest BCUT2D eigenvalue weighted by molar-refractivity contribution is 5.94. The second-order valence-corrected chi connectivity index (χ2v) is 3.67. The first-order valence-electron chi connectivity index (χ1n) is 5.00. The van der Waals surface area contributed by atoms with Gasteiger partial charge in [-0.2, -0.15) is 0 Å². The van der Waals surface area contributed by atoms with E-state index in [1.54, 1.807) is 14.1 Å². The topological polar surface area (TPSA) is 117 Å². The Morgan fingerprint density at radius 2 is 2.11 bits per heavy atom. The lowest BCUT2D eigenvalue weighted by atomic mass is 10.4. The molecule has 0 aliphatic rings. The number of rotatable bonds is 5. The quantitative estimate of drug-likeness (QED) is 0.639. The smallest absolute Gasteiger partial charge is 0.325 e. The van der Waals surface area contributed by atoms with E-state index in [1.807, 2.05) is 0 Å². The van der Waals surface area contributed by atoms with Crippen LogP contribution in [0.4, 0.5) is 0 Å². The van der Waals surface area contributed by atoms with E-state index in [0.717, 1.165) is 4.68 Å². The summed E-state index contributed by atoms with van der Waals surface area (Å²) in [5.41, 5.74) is -0.0391. The summed E-state index contributed by atoms with van der Waals surface area (Å²) in [4.78, 5) is 34.5. The van der Waals surface area contributed by atoms with Crippen LogP contribution in [0.3, 0.4) is 0 Å². The SMILES string of the molecule is CN(C)C(=O)CNC(=O)c1cn(CC(=O)O)nn1. The van der Waals surface area contributed by atoms with Crippen molar-refractivity contribution in [2.45, 2.75) is 6.54 Å². The molecule has 0 aliphatic heterocycles. The fourth-order valence-corrected chi connectivity index (χ4v) is 1.02. The van der Waals surface area contributed by atoms with Crippen LogP contribution in [0.2, 0.25) is 0 Å². The van der Waals surface area contributed by atoms with E-state index < -0.39 is 11.9 Å². The molecule has 1 heterocycles. The van der Waals surface area contributed by atoms with Gasteiger partial charge in [-0.3, -0.25) is 14.4 Å². The van der Waals surface area contributed by atoms with E-state index in [9.17, 15) is 14.4 Å². The average Bonchev–Trinajstić information content (AvgIpc) is 2.72. The van der Waals surface area contributed by atoms with Crippen molar-refractivity contribution in [3.63, 3.8) is 0 Å². The minimum Gasteiger partial charge on any atom is -0.480 e. The van der Waals surface area contributed by atoms with E-state index >= 15 is 0 Å². The highest BCUT2D eigenvalue weighted by Crippen LogP contribution is 1.93. The van der Waals surface area contributed by atoms with Crippen LogP contribution >= 0.6 is 0 Å². The molecule has 2 N–H and O–H groups in total. The lowest BCUT2D eigenvalue weighted by Gasteiger charge is -2.09. The Morgan fingerprint density at radius 1 is 1.44 bits per heavy atom. The van der Waals surface area contributed by atoms with Gasteiger partial charge in [0.1, 0.15) is 6.54 Å². The van der Waals surface area contributed by atoms with Crippen LogP contribution < -0.4 is 5.32 Å². The normalized spacial score (nSPS) is 9.89. The van der Waals surface area contributed by atoms with E-state index in [4.69, 9.17) is 5.11 Å². The summed E-state index contributed by atoms with van der Waals surface area (Å²) in [6.07, 6.45) is 1.20. The second-order valence-electron chi connectivity index (χ2n) is 3.67. The molecule has 0 aromatic carbocycles. The zero-order valence-electron chi connectivity index (χ0n) is 9.95. The first kappa shape index (κ1) is 13.6. The third-order valence-corrected chi connectivity index (χ3v) is 1.97. The third kappa shape index (κ3) is 3.85. The zero-order valence-corrected chi connectivity index (χ0v) is 9.95. The number of nitrogens with one attached hydrogen (secondary N) is 1. The number of hydrogen-bond donors (Lipinski definition) is 2. The maximum atomic E-state index is 11.5. The van der Waals surface area contributed by atoms with Gasteiger partial charge in [-0.1, -0.05) is 5.21 Å². The van der Waals surface area contributed by atoms with Crippen LogP contribution in [0.1, 0.15) is 10.5 Å². The predicted octanol–water partition coefficient (Wildman–Crippen LogP) is -1.82. The number of hydrogen-bond acceptors (Lipinski definition) is 5. The molecular weight excluding hydrogens is 242 g/mol. The number of aromatic nitrogens is 3. The molecular formula is C9H13N5O4. The molecule has 2 amide bonds. The first-order chi connectivity index (χ1) is 8.40. The molecule has 9 nitrogen and oxygen atoms in total. The van der Waals surface area contributed by atoms with Crippen molar-refractivity contribution in [3.05, 3.63) is 11.9 Å². The third-order valence-electron chi connectivity index (χ3n) is 1.97. The molecule has 0 saturated heterocycles. The Balaban J connectivity index is 2.54. The number of amides is 2. The molecule has 0 aliphatic carbocycles. The summed E-state index contributed by atoms with van der Waals surface area (Å²) in [5, 5.41) is 17.8. The lowest BCUT2D eigenvalue weighted by molar-refractivity contribution is -0.138. The van der Waals surface area contributed by atoms with Crippen molar-refractivity contribution in [1.29, 1.82) is 0 Å². The molecule has 18 heavy (non-hydrogen) atoms. The van der Waals surface area contributed by atoms with Crippen molar-refractivity contribution in [3.8, 4) is 0 Å². The minimum absolute atomic E-state index is 0.0391. The molecule has 0 unspecified atom stereocenters. The molecule has 1 aromatic rings. The highest BCUT2D eigenvalue weighted by Gasteiger charge is 2.13. The zero-order chi connectivity index (χ0) is 13.7. The van der Waals surface area contributed by atoms with Gasteiger partial charge < -0.3 is 15.3 Å². The number of carbonyl (C=O) groups excluding carboxylic acids is 2. The fraction of sp³-hybridized carbons (Fsp3) is 0.444. The van der Waals surface area contributed by atoms with Gasteiger partial charge in [0, 0.05) is 14.1 Å². The van der Waals surface area contributed by atoms with E-state index in [1.165, 1.54) is 11.1 Å². The number of carboxylic acids is 1. The molecule has 0 spiro atoms. The van der Waals surface area contributed by atoms with Crippen LogP contribution in [0.5, 0.6) is 0 Å². The van der Waals surface area contributed by atoms with Gasteiger partial charge in [-0.15, -0.1) is 5.10 Å². The van der Waals surface area contributed by atoms with Crippen molar-refractivity contribution in [2.75, 3.05) is 20.6 Å². The molecule has 1 aromatic heterocycles. The summed E-state index contributed by atoms with van der Waals surface area (Å²) >= 11 is 0. The molecule has 0 fully saturated rings. The Labute approximate surface area is 102 Å². The lowest BCUT2D eigenvalue weighted by Crippen LogP contribution is -2.36. The monoisotopic (exact) mass is 255 g/mol. The summed E-state index contributed by atoms with van der Waals surface area (Å²) in [6.45, 7) is -0.533. The number of nitrogens with zero attached hydrogens (tertiary/aromatic N) is 4. The number of likely N-dealkylation sites (N-methyl/N-ethyl adjacent to an activating group) is 1. The summed E-state index contributed by atoms with van der Waals surface area (Å²) in [7, 11) is 3.13. The molecule has 9 heteroatoms. The molecule has 0 saturated carbocycles. The largest absolute Gasteiger partial charge is 0.480 e. The molecule has 98 valence electrons.